The van der Waals surface area contributed by atoms with Gasteiger partial charge in [0, 0.05) is 14.1 Å². The summed E-state index contributed by atoms with van der Waals surface area (Å²) in [4.78, 5) is 2.13. The van der Waals surface area contributed by atoms with Crippen LogP contribution in [0.4, 0.5) is 5.82 Å². The fraction of sp³-hybridized carbons (Fsp3) is 0.286. The molecule has 64 valence electrons. The maximum Gasteiger partial charge on any atom is 0.150 e. The molecule has 0 aliphatic rings. The van der Waals surface area contributed by atoms with E-state index in [1.54, 1.807) is 6.07 Å². The van der Waals surface area contributed by atoms with E-state index in [2.05, 4.69) is 10.2 Å². The second-order valence-electron chi connectivity index (χ2n) is 2.54. The fourth-order valence-electron chi connectivity index (χ4n) is 0.695. The number of aromatic nitrogens is 2. The van der Waals surface area contributed by atoms with Gasteiger partial charge in [0.15, 0.2) is 5.82 Å². The monoisotopic (exact) mass is 182 g/mol. The molecule has 0 atom stereocenters. The molecule has 0 fully saturated rings. The highest BCUT2D eigenvalue weighted by atomic mass is 32.1. The number of rotatable bonds is 2. The number of anilines is 1. The minimum Gasteiger partial charge on any atom is -0.388 e. The van der Waals surface area contributed by atoms with Gasteiger partial charge in [0.05, 0.1) is 0 Å². The van der Waals surface area contributed by atoms with Gasteiger partial charge in [-0.05, 0) is 12.1 Å². The van der Waals surface area contributed by atoms with Crippen LogP contribution in [0.2, 0.25) is 0 Å². The molecule has 5 heteroatoms. The molecule has 0 aromatic carbocycles. The Morgan fingerprint density at radius 1 is 1.42 bits per heavy atom. The lowest BCUT2D eigenvalue weighted by Gasteiger charge is -2.09. The van der Waals surface area contributed by atoms with Crippen LogP contribution in [0.1, 0.15) is 5.69 Å². The van der Waals surface area contributed by atoms with Crippen LogP contribution in [0.5, 0.6) is 0 Å². The maximum atomic E-state index is 5.36. The molecule has 0 bridgehead atoms. The number of nitrogens with two attached hydrogens (primary N) is 1. The quantitative estimate of drug-likeness (QED) is 0.661. The lowest BCUT2D eigenvalue weighted by molar-refractivity contribution is 0.957. The summed E-state index contributed by atoms with van der Waals surface area (Å²) in [5.74, 6) is 0.787. The number of nitrogens with zero attached hydrogens (tertiary/aromatic N) is 3. The van der Waals surface area contributed by atoms with E-state index in [1.807, 2.05) is 25.1 Å². The van der Waals surface area contributed by atoms with Crippen molar-refractivity contribution in [1.29, 1.82) is 0 Å². The van der Waals surface area contributed by atoms with E-state index in [4.69, 9.17) is 18.0 Å². The first-order chi connectivity index (χ1) is 5.61. The molecule has 0 aliphatic heterocycles. The first-order valence-electron chi connectivity index (χ1n) is 3.42. The predicted molar refractivity (Wildman–Crippen MR) is 52.2 cm³/mol. The van der Waals surface area contributed by atoms with Gasteiger partial charge in [0.2, 0.25) is 0 Å². The first kappa shape index (κ1) is 8.86. The van der Waals surface area contributed by atoms with Crippen molar-refractivity contribution in [3.63, 3.8) is 0 Å². The van der Waals surface area contributed by atoms with Gasteiger partial charge < -0.3 is 10.6 Å². The Hall–Kier alpha value is -1.23. The zero-order valence-corrected chi connectivity index (χ0v) is 7.80. The SMILES string of the molecule is CN(C)c1ccc(C(N)=S)nn1. The van der Waals surface area contributed by atoms with Crippen molar-refractivity contribution in [3.8, 4) is 0 Å². The molecule has 0 saturated carbocycles. The minimum absolute atomic E-state index is 0.271. The fourth-order valence-corrected chi connectivity index (χ4v) is 0.804. The lowest BCUT2D eigenvalue weighted by Crippen LogP contribution is -2.15. The number of thiocarbonyl (C=S) groups is 1. The van der Waals surface area contributed by atoms with Crippen LogP contribution in [-0.4, -0.2) is 29.3 Å². The molecule has 0 aliphatic carbocycles. The van der Waals surface area contributed by atoms with E-state index >= 15 is 0 Å². The average Bonchev–Trinajstić information content (AvgIpc) is 2.04. The normalized spacial score (nSPS) is 9.50. The third-order valence-electron chi connectivity index (χ3n) is 1.36. The molecule has 12 heavy (non-hydrogen) atoms. The molecule has 0 amide bonds. The highest BCUT2D eigenvalue weighted by Crippen LogP contribution is 2.04. The molecule has 1 rings (SSSR count). The lowest BCUT2D eigenvalue weighted by atomic mass is 10.4. The van der Waals surface area contributed by atoms with Gasteiger partial charge in [-0.15, -0.1) is 10.2 Å². The van der Waals surface area contributed by atoms with Crippen molar-refractivity contribution in [1.82, 2.24) is 10.2 Å². The van der Waals surface area contributed by atoms with Gasteiger partial charge >= 0.3 is 0 Å². The Kier molecular flexibility index (Phi) is 2.54. The first-order valence-corrected chi connectivity index (χ1v) is 3.83. The topological polar surface area (TPSA) is 55.0 Å². The van der Waals surface area contributed by atoms with Crippen LogP contribution >= 0.6 is 12.2 Å². The molecule has 2 N–H and O–H groups in total. The van der Waals surface area contributed by atoms with Crippen molar-refractivity contribution >= 4 is 23.0 Å². The third-order valence-corrected chi connectivity index (χ3v) is 1.57. The largest absolute Gasteiger partial charge is 0.388 e. The highest BCUT2D eigenvalue weighted by molar-refractivity contribution is 7.80. The number of hydrogen-bond donors (Lipinski definition) is 1. The Bertz CT molecular complexity index is 280. The zero-order chi connectivity index (χ0) is 9.14. The summed E-state index contributed by atoms with van der Waals surface area (Å²) in [7, 11) is 3.79. The van der Waals surface area contributed by atoms with E-state index in [-0.39, 0.29) is 4.99 Å². The Morgan fingerprint density at radius 3 is 2.42 bits per heavy atom. The van der Waals surface area contributed by atoms with Crippen LogP contribution < -0.4 is 10.6 Å². The second-order valence-corrected chi connectivity index (χ2v) is 2.98. The molecular weight excluding hydrogens is 172 g/mol. The smallest absolute Gasteiger partial charge is 0.150 e. The summed E-state index contributed by atoms with van der Waals surface area (Å²) in [5.41, 5.74) is 5.91. The standard InChI is InChI=1S/C7H10N4S/c1-11(2)6-4-3-5(7(8)12)9-10-6/h3-4H,1-2H3,(H2,8,12). The van der Waals surface area contributed by atoms with Crippen molar-refractivity contribution in [2.45, 2.75) is 0 Å². The molecule has 4 nitrogen and oxygen atoms in total. The van der Waals surface area contributed by atoms with Crippen molar-refractivity contribution in [2.75, 3.05) is 19.0 Å². The van der Waals surface area contributed by atoms with Crippen LogP contribution in [0.25, 0.3) is 0 Å². The van der Waals surface area contributed by atoms with E-state index in [9.17, 15) is 0 Å². The van der Waals surface area contributed by atoms with Gasteiger partial charge in [-0.25, -0.2) is 0 Å². The van der Waals surface area contributed by atoms with E-state index < -0.39 is 0 Å². The van der Waals surface area contributed by atoms with Gasteiger partial charge in [-0.2, -0.15) is 0 Å². The van der Waals surface area contributed by atoms with Gasteiger partial charge in [0.25, 0.3) is 0 Å². The Balaban J connectivity index is 2.93. The van der Waals surface area contributed by atoms with Crippen molar-refractivity contribution < 1.29 is 0 Å². The van der Waals surface area contributed by atoms with Gasteiger partial charge in [0.1, 0.15) is 10.7 Å². The average molecular weight is 182 g/mol. The Labute approximate surface area is 76.4 Å². The minimum atomic E-state index is 0.271. The molecule has 1 aromatic rings. The van der Waals surface area contributed by atoms with Crippen LogP contribution in [0.3, 0.4) is 0 Å². The Morgan fingerprint density at radius 2 is 2.08 bits per heavy atom. The van der Waals surface area contributed by atoms with Crippen molar-refractivity contribution in [2.24, 2.45) is 5.73 Å². The van der Waals surface area contributed by atoms with Crippen molar-refractivity contribution in [3.05, 3.63) is 17.8 Å². The van der Waals surface area contributed by atoms with E-state index in [0.717, 1.165) is 5.82 Å². The van der Waals surface area contributed by atoms with Gasteiger partial charge in [-0.3, -0.25) is 0 Å². The van der Waals surface area contributed by atoms with Crippen LogP contribution in [-0.2, 0) is 0 Å². The summed E-state index contributed by atoms with van der Waals surface area (Å²) in [6.07, 6.45) is 0. The van der Waals surface area contributed by atoms with Crippen LogP contribution in [0.15, 0.2) is 12.1 Å². The molecular formula is C7H10N4S. The summed E-state index contributed by atoms with van der Waals surface area (Å²) in [5, 5.41) is 7.75. The molecule has 0 saturated heterocycles. The summed E-state index contributed by atoms with van der Waals surface area (Å²) in [6.45, 7) is 0. The summed E-state index contributed by atoms with van der Waals surface area (Å²) in [6, 6.07) is 3.58. The molecule has 1 heterocycles. The zero-order valence-electron chi connectivity index (χ0n) is 6.98. The molecule has 0 unspecified atom stereocenters. The maximum absolute atomic E-state index is 5.36. The highest BCUT2D eigenvalue weighted by Gasteiger charge is 2.00. The van der Waals surface area contributed by atoms with E-state index in [0.29, 0.717) is 5.69 Å². The molecule has 0 radical (unpaired) electrons. The van der Waals surface area contributed by atoms with Gasteiger partial charge in [-0.1, -0.05) is 12.2 Å². The van der Waals surface area contributed by atoms with Crippen LogP contribution in [0, 0.1) is 0 Å². The molecule has 1 aromatic heterocycles. The summed E-state index contributed by atoms with van der Waals surface area (Å²) >= 11 is 4.73. The molecule has 0 spiro atoms. The second kappa shape index (κ2) is 3.44. The number of hydrogen-bond acceptors (Lipinski definition) is 4. The predicted octanol–water partition coefficient (Wildman–Crippen LogP) is 0.177. The van der Waals surface area contributed by atoms with E-state index in [1.165, 1.54) is 0 Å². The summed E-state index contributed by atoms with van der Waals surface area (Å²) < 4.78 is 0. The third kappa shape index (κ3) is 1.88.